The number of benzene rings is 1. The maximum absolute atomic E-state index is 8.89. The van der Waals surface area contributed by atoms with Gasteiger partial charge in [-0.25, -0.2) is 0 Å². The fraction of sp³-hybridized carbons (Fsp3) is 0.400. The van der Waals surface area contributed by atoms with Crippen molar-refractivity contribution in [2.75, 3.05) is 0 Å². The van der Waals surface area contributed by atoms with Crippen LogP contribution in [0.5, 0.6) is 0 Å². The molecule has 4 heteroatoms. The van der Waals surface area contributed by atoms with Crippen LogP contribution in [0.2, 0.25) is 5.31 Å². The minimum absolute atomic E-state index is 0.138. The minimum Gasteiger partial charge on any atom is -0.423 e. The second-order valence-electron chi connectivity index (χ2n) is 4.55. The van der Waals surface area contributed by atoms with Crippen molar-refractivity contribution in [2.24, 2.45) is 0 Å². The number of hydrogen-bond acceptors (Lipinski definition) is 2. The van der Waals surface area contributed by atoms with Crippen LogP contribution in [0.15, 0.2) is 24.3 Å². The third-order valence-electron chi connectivity index (χ3n) is 1.83. The molecule has 1 radical (unpaired) electrons. The summed E-state index contributed by atoms with van der Waals surface area (Å²) in [5.41, 5.74) is 1.62. The molecule has 2 N–H and O–H groups in total. The van der Waals surface area contributed by atoms with Gasteiger partial charge in [-0.15, -0.1) is 0 Å². The molecule has 0 fully saturated rings. The van der Waals surface area contributed by atoms with E-state index in [2.05, 4.69) is 28.1 Å². The Morgan fingerprint density at radius 2 is 1.57 bits per heavy atom. The summed E-state index contributed by atoms with van der Waals surface area (Å²) in [7, 11) is 0.763. The van der Waals surface area contributed by atoms with E-state index in [0.717, 1.165) is 5.46 Å². The van der Waals surface area contributed by atoms with E-state index in [1.165, 1.54) is 0 Å². The predicted octanol–water partition coefficient (Wildman–Crippen LogP) is -0.0857. The molecule has 1 aromatic carbocycles. The zero-order valence-electron chi connectivity index (χ0n) is 8.86. The molecule has 0 unspecified atom stereocenters. The molecule has 73 valence electrons. The van der Waals surface area contributed by atoms with Crippen LogP contribution in [0.4, 0.5) is 0 Å². The molecule has 0 saturated carbocycles. The lowest BCUT2D eigenvalue weighted by Crippen LogP contribution is -2.32. The van der Waals surface area contributed by atoms with Crippen LogP contribution < -0.4 is 10.9 Å². The largest absolute Gasteiger partial charge is 0.488 e. The summed E-state index contributed by atoms with van der Waals surface area (Å²) in [5.74, 6) is 0. The van der Waals surface area contributed by atoms with E-state index in [1.54, 1.807) is 12.1 Å². The molecule has 0 atom stereocenters. The van der Waals surface area contributed by atoms with Gasteiger partial charge >= 0.3 is 7.12 Å². The Hall–Kier alpha value is -0.730. The first-order valence-electron chi connectivity index (χ1n) is 4.70. The first-order valence-corrected chi connectivity index (χ1v) is 4.70. The van der Waals surface area contributed by atoms with Gasteiger partial charge in [-0.05, 0) is 5.46 Å². The third-order valence-corrected chi connectivity index (χ3v) is 1.83. The van der Waals surface area contributed by atoms with Crippen molar-refractivity contribution < 1.29 is 10.0 Å². The number of hydrogen-bond donors (Lipinski definition) is 2. The summed E-state index contributed by atoms with van der Waals surface area (Å²) in [4.78, 5) is 0. The molecule has 0 aliphatic rings. The van der Waals surface area contributed by atoms with E-state index in [9.17, 15) is 0 Å². The van der Waals surface area contributed by atoms with E-state index in [4.69, 9.17) is 10.0 Å². The summed E-state index contributed by atoms with van der Waals surface area (Å²) in [6.45, 7) is 6.38. The smallest absolute Gasteiger partial charge is 0.423 e. The molecule has 14 heavy (non-hydrogen) atoms. The molecule has 0 aliphatic heterocycles. The molecule has 0 amide bonds. The van der Waals surface area contributed by atoms with Gasteiger partial charge in [-0.3, -0.25) is 0 Å². The van der Waals surface area contributed by atoms with Crippen LogP contribution in [-0.2, 0) is 0 Å². The van der Waals surface area contributed by atoms with Gasteiger partial charge in [0.2, 0.25) is 0 Å². The predicted molar refractivity (Wildman–Crippen MR) is 61.4 cm³/mol. The van der Waals surface area contributed by atoms with E-state index >= 15 is 0 Å². The fourth-order valence-corrected chi connectivity index (χ4v) is 1.26. The van der Waals surface area contributed by atoms with Crippen molar-refractivity contribution in [3.63, 3.8) is 0 Å². The summed E-state index contributed by atoms with van der Waals surface area (Å²) in [6, 6.07) is 7.23. The Morgan fingerprint density at radius 1 is 1.07 bits per heavy atom. The first-order chi connectivity index (χ1) is 6.38. The minimum atomic E-state index is -1.38. The highest BCUT2D eigenvalue weighted by molar-refractivity contribution is 6.59. The molecule has 1 rings (SSSR count). The molecule has 0 saturated heterocycles. The maximum Gasteiger partial charge on any atom is 0.488 e. The van der Waals surface area contributed by atoms with Crippen LogP contribution in [0.1, 0.15) is 20.8 Å². The molecule has 0 aromatic heterocycles. The topological polar surface area (TPSA) is 40.5 Å². The standard InChI is InChI=1S/C10H15B2O2/c1-10(2,3)11-8-4-6-9(7-5-8)12(13)14/h4-7,13-14H,1-3H3. The van der Waals surface area contributed by atoms with Gasteiger partial charge in [0, 0.05) is 0 Å². The lowest BCUT2D eigenvalue weighted by Gasteiger charge is -2.16. The summed E-state index contributed by atoms with van der Waals surface area (Å²) in [6.07, 6.45) is 0. The van der Waals surface area contributed by atoms with Crippen LogP contribution in [-0.4, -0.2) is 24.4 Å². The van der Waals surface area contributed by atoms with Crippen LogP contribution in [0.3, 0.4) is 0 Å². The van der Waals surface area contributed by atoms with Crippen LogP contribution in [0, 0.1) is 0 Å². The monoisotopic (exact) mass is 189 g/mol. The molecule has 0 spiro atoms. The highest BCUT2D eigenvalue weighted by Crippen LogP contribution is 2.19. The van der Waals surface area contributed by atoms with Crippen molar-refractivity contribution in [1.29, 1.82) is 0 Å². The lowest BCUT2D eigenvalue weighted by molar-refractivity contribution is 0.426. The Labute approximate surface area is 86.4 Å². The van der Waals surface area contributed by atoms with Gasteiger partial charge in [0.1, 0.15) is 0 Å². The highest BCUT2D eigenvalue weighted by Gasteiger charge is 2.14. The van der Waals surface area contributed by atoms with Crippen molar-refractivity contribution in [3.8, 4) is 0 Å². The second-order valence-corrected chi connectivity index (χ2v) is 4.55. The third kappa shape index (κ3) is 3.56. The quantitative estimate of drug-likeness (QED) is 0.638. The van der Waals surface area contributed by atoms with Crippen molar-refractivity contribution in [1.82, 2.24) is 0 Å². The normalized spacial score (nSPS) is 11.2. The van der Waals surface area contributed by atoms with E-state index in [1.807, 2.05) is 12.1 Å². The van der Waals surface area contributed by atoms with Gasteiger partial charge in [-0.2, -0.15) is 0 Å². The van der Waals surface area contributed by atoms with Crippen LogP contribution in [0.25, 0.3) is 0 Å². The Bertz CT molecular complexity index is 288. The lowest BCUT2D eigenvalue weighted by atomic mass is 9.51. The average molecular weight is 189 g/mol. The van der Waals surface area contributed by atoms with E-state index < -0.39 is 7.12 Å². The molecule has 1 aromatic rings. The summed E-state index contributed by atoms with van der Waals surface area (Å²) < 4.78 is 0. The fourth-order valence-electron chi connectivity index (χ4n) is 1.26. The summed E-state index contributed by atoms with van der Waals surface area (Å²) in [5, 5.41) is 17.9. The molecule has 0 aliphatic carbocycles. The van der Waals surface area contributed by atoms with Gasteiger partial charge < -0.3 is 10.0 Å². The second kappa shape index (κ2) is 4.20. The zero-order chi connectivity index (χ0) is 10.8. The SMILES string of the molecule is CC(C)(C)[B]c1ccc(B(O)O)cc1. The Kier molecular flexibility index (Phi) is 3.40. The molecule has 2 nitrogen and oxygen atoms in total. The molecular weight excluding hydrogens is 174 g/mol. The maximum atomic E-state index is 8.89. The molecular formula is C10H15B2O2. The van der Waals surface area contributed by atoms with Crippen molar-refractivity contribution in [2.45, 2.75) is 26.1 Å². The first kappa shape index (κ1) is 11.3. The van der Waals surface area contributed by atoms with Gasteiger partial charge in [-0.1, -0.05) is 55.8 Å². The average Bonchev–Trinajstić information content (AvgIpc) is 2.02. The van der Waals surface area contributed by atoms with Crippen LogP contribution >= 0.6 is 0 Å². The Balaban J connectivity index is 2.74. The van der Waals surface area contributed by atoms with Crippen molar-refractivity contribution >= 4 is 25.3 Å². The van der Waals surface area contributed by atoms with Gasteiger partial charge in [0.25, 0.3) is 0 Å². The highest BCUT2D eigenvalue weighted by atomic mass is 16.4. The van der Waals surface area contributed by atoms with Crippen molar-refractivity contribution in [3.05, 3.63) is 24.3 Å². The van der Waals surface area contributed by atoms with Gasteiger partial charge in [0.15, 0.2) is 7.28 Å². The molecule has 0 heterocycles. The zero-order valence-corrected chi connectivity index (χ0v) is 8.86. The van der Waals surface area contributed by atoms with Gasteiger partial charge in [0.05, 0.1) is 0 Å². The number of rotatable bonds is 2. The van der Waals surface area contributed by atoms with E-state index in [0.29, 0.717) is 5.46 Å². The summed E-state index contributed by atoms with van der Waals surface area (Å²) >= 11 is 0. The Morgan fingerprint density at radius 3 is 1.93 bits per heavy atom. The van der Waals surface area contributed by atoms with E-state index in [-0.39, 0.29) is 5.31 Å². The molecule has 0 bridgehead atoms.